The van der Waals surface area contributed by atoms with E-state index in [1.165, 1.54) is 0 Å². The van der Waals surface area contributed by atoms with Crippen molar-refractivity contribution in [3.05, 3.63) is 54.1 Å². The second kappa shape index (κ2) is 7.36. The normalized spacial score (nSPS) is 18.4. The smallest absolute Gasteiger partial charge is 0.264 e. The Morgan fingerprint density at radius 3 is 2.27 bits per heavy atom. The third kappa shape index (κ3) is 3.91. The first-order chi connectivity index (χ1) is 12.3. The maximum absolute atomic E-state index is 11.7. The van der Waals surface area contributed by atoms with Crippen LogP contribution in [-0.4, -0.2) is 41.1 Å². The summed E-state index contributed by atoms with van der Waals surface area (Å²) >= 11 is 0. The van der Waals surface area contributed by atoms with Crippen molar-refractivity contribution in [3.63, 3.8) is 0 Å². The number of hydrogen-bond donors (Lipinski definition) is 0. The van der Waals surface area contributed by atoms with Gasteiger partial charge >= 0.3 is 0 Å². The third-order valence-electron chi connectivity index (χ3n) is 4.26. The van der Waals surface area contributed by atoms with Crippen molar-refractivity contribution in [1.82, 2.24) is 0 Å². The number of methoxy groups -OCH3 is 1. The first kappa shape index (κ1) is 18.8. The number of ether oxygens (including phenoxy) is 3. The molecule has 0 saturated carbocycles. The molecule has 7 heteroatoms. The van der Waals surface area contributed by atoms with E-state index in [0.717, 1.165) is 22.8 Å². The minimum absolute atomic E-state index is 0.290. The van der Waals surface area contributed by atoms with Crippen LogP contribution in [0.25, 0.3) is 10.8 Å². The molecule has 0 N–H and O–H groups in total. The highest BCUT2D eigenvalue weighted by atomic mass is 32.2. The quantitative estimate of drug-likeness (QED) is 0.588. The highest BCUT2D eigenvalue weighted by molar-refractivity contribution is 7.86. The Balaban J connectivity index is 2.07. The average Bonchev–Trinajstić information content (AvgIpc) is 2.86. The lowest BCUT2D eigenvalue weighted by molar-refractivity contribution is -0.271. The monoisotopic (exact) mass is 378 g/mol. The molecule has 2 aromatic rings. The van der Waals surface area contributed by atoms with Crippen LogP contribution in [0.1, 0.15) is 12.5 Å². The van der Waals surface area contributed by atoms with Crippen molar-refractivity contribution in [1.29, 1.82) is 0 Å². The van der Waals surface area contributed by atoms with E-state index >= 15 is 0 Å². The number of rotatable bonds is 5. The van der Waals surface area contributed by atoms with E-state index in [1.807, 2.05) is 48.6 Å². The Hall–Kier alpha value is -1.93. The fourth-order valence-corrected chi connectivity index (χ4v) is 3.70. The summed E-state index contributed by atoms with van der Waals surface area (Å²) in [7, 11) is -2.06. The minimum atomic E-state index is -3.68. The summed E-state index contributed by atoms with van der Waals surface area (Å²) in [6.07, 6.45) is 3.81. The highest BCUT2D eigenvalue weighted by Crippen LogP contribution is 2.37. The van der Waals surface area contributed by atoms with Crippen molar-refractivity contribution in [2.75, 3.05) is 26.6 Å². The van der Waals surface area contributed by atoms with Crippen LogP contribution < -0.4 is 4.74 Å². The summed E-state index contributed by atoms with van der Waals surface area (Å²) in [5, 5.41) is 1.95. The zero-order chi connectivity index (χ0) is 18.8. The van der Waals surface area contributed by atoms with Gasteiger partial charge in [0.1, 0.15) is 11.9 Å². The number of benzene rings is 2. The molecule has 3 rings (SSSR count). The second-order valence-electron chi connectivity index (χ2n) is 6.13. The van der Waals surface area contributed by atoms with E-state index < -0.39 is 22.0 Å². The maximum atomic E-state index is 11.7. The maximum Gasteiger partial charge on any atom is 0.264 e. The zero-order valence-corrected chi connectivity index (χ0v) is 15.8. The van der Waals surface area contributed by atoms with Gasteiger partial charge in [-0.25, -0.2) is 0 Å². The molecule has 1 unspecified atom stereocenters. The lowest BCUT2D eigenvalue weighted by atomic mass is 9.97. The van der Waals surface area contributed by atoms with Gasteiger partial charge in [0.05, 0.1) is 26.6 Å². The molecule has 0 saturated heterocycles. The molecule has 0 amide bonds. The lowest BCUT2D eigenvalue weighted by Crippen LogP contribution is -2.45. The van der Waals surface area contributed by atoms with Crippen LogP contribution in [0.3, 0.4) is 0 Å². The SMILES string of the molecule is COc1ccc2cc(C3(C(C)OS(C)(=O)=O)OCC=CCO3)ccc2c1. The van der Waals surface area contributed by atoms with Gasteiger partial charge in [0.25, 0.3) is 10.1 Å². The van der Waals surface area contributed by atoms with Crippen molar-refractivity contribution in [3.8, 4) is 5.75 Å². The van der Waals surface area contributed by atoms with Gasteiger partial charge in [0.15, 0.2) is 0 Å². The summed E-state index contributed by atoms with van der Waals surface area (Å²) in [5.74, 6) is -0.569. The van der Waals surface area contributed by atoms with E-state index in [4.69, 9.17) is 18.4 Å². The van der Waals surface area contributed by atoms with Crippen LogP contribution in [0.4, 0.5) is 0 Å². The van der Waals surface area contributed by atoms with E-state index in [0.29, 0.717) is 5.56 Å². The van der Waals surface area contributed by atoms with Crippen LogP contribution in [-0.2, 0) is 29.6 Å². The summed E-state index contributed by atoms with van der Waals surface area (Å²) in [4.78, 5) is 0. The average molecular weight is 378 g/mol. The molecule has 140 valence electrons. The third-order valence-corrected chi connectivity index (χ3v) is 4.90. The Bertz CT molecular complexity index is 909. The summed E-state index contributed by atoms with van der Waals surface area (Å²) in [5.41, 5.74) is 0.690. The van der Waals surface area contributed by atoms with Gasteiger partial charge < -0.3 is 14.2 Å². The predicted octanol–water partition coefficient (Wildman–Crippen LogP) is 2.97. The molecule has 0 bridgehead atoms. The van der Waals surface area contributed by atoms with Gasteiger partial charge in [-0.2, -0.15) is 8.42 Å². The topological polar surface area (TPSA) is 71.1 Å². The Morgan fingerprint density at radius 1 is 1.04 bits per heavy atom. The Kier molecular flexibility index (Phi) is 5.34. The van der Waals surface area contributed by atoms with Gasteiger partial charge in [0, 0.05) is 5.56 Å². The van der Waals surface area contributed by atoms with Gasteiger partial charge in [-0.3, -0.25) is 4.18 Å². The molecular formula is C19H22O6S. The second-order valence-corrected chi connectivity index (χ2v) is 7.73. The Labute approximate surface area is 153 Å². The van der Waals surface area contributed by atoms with Crippen LogP contribution in [0.2, 0.25) is 0 Å². The molecule has 6 nitrogen and oxygen atoms in total. The molecule has 0 fully saturated rings. The molecular weight excluding hydrogens is 356 g/mol. The van der Waals surface area contributed by atoms with Crippen molar-refractivity contribution >= 4 is 20.9 Å². The van der Waals surface area contributed by atoms with E-state index in [9.17, 15) is 8.42 Å². The largest absolute Gasteiger partial charge is 0.497 e. The first-order valence-electron chi connectivity index (χ1n) is 8.23. The number of hydrogen-bond acceptors (Lipinski definition) is 6. The molecule has 0 aliphatic carbocycles. The van der Waals surface area contributed by atoms with Gasteiger partial charge in [-0.1, -0.05) is 30.4 Å². The molecule has 26 heavy (non-hydrogen) atoms. The predicted molar refractivity (Wildman–Crippen MR) is 98.6 cm³/mol. The van der Waals surface area contributed by atoms with E-state index in [2.05, 4.69) is 0 Å². The molecule has 1 heterocycles. The molecule has 0 spiro atoms. The first-order valence-corrected chi connectivity index (χ1v) is 10.1. The molecule has 1 aliphatic heterocycles. The summed E-state index contributed by atoms with van der Waals surface area (Å²) < 4.78 is 45.7. The van der Waals surface area contributed by atoms with Gasteiger partial charge in [-0.15, -0.1) is 0 Å². The van der Waals surface area contributed by atoms with Crippen LogP contribution in [0, 0.1) is 0 Å². The summed E-state index contributed by atoms with van der Waals surface area (Å²) in [6.45, 7) is 2.21. The highest BCUT2D eigenvalue weighted by Gasteiger charge is 2.43. The van der Waals surface area contributed by atoms with Gasteiger partial charge in [0.2, 0.25) is 5.79 Å². The molecule has 0 aromatic heterocycles. The van der Waals surface area contributed by atoms with Crippen molar-refractivity contribution in [2.24, 2.45) is 0 Å². The van der Waals surface area contributed by atoms with E-state index in [-0.39, 0.29) is 13.2 Å². The Morgan fingerprint density at radius 2 is 1.65 bits per heavy atom. The fourth-order valence-electron chi connectivity index (χ4n) is 3.05. The minimum Gasteiger partial charge on any atom is -0.497 e. The zero-order valence-electron chi connectivity index (χ0n) is 15.0. The molecule has 0 radical (unpaired) electrons. The summed E-state index contributed by atoms with van der Waals surface area (Å²) in [6, 6.07) is 11.4. The fraction of sp³-hybridized carbons (Fsp3) is 0.368. The van der Waals surface area contributed by atoms with Crippen LogP contribution in [0.5, 0.6) is 5.75 Å². The van der Waals surface area contributed by atoms with E-state index in [1.54, 1.807) is 14.0 Å². The molecule has 1 atom stereocenters. The standard InChI is InChI=1S/C19H22O6S/c1-14(25-26(3,20)21)19(23-10-4-5-11-24-19)17-8-6-16-13-18(22-2)9-7-15(16)12-17/h4-9,12-14H,10-11H2,1-3H3. The van der Waals surface area contributed by atoms with Crippen molar-refractivity contribution in [2.45, 2.75) is 18.8 Å². The molecule has 1 aliphatic rings. The van der Waals surface area contributed by atoms with Crippen LogP contribution in [0.15, 0.2) is 48.6 Å². The molecule has 2 aromatic carbocycles. The van der Waals surface area contributed by atoms with Crippen molar-refractivity contribution < 1.29 is 26.8 Å². The number of fused-ring (bicyclic) bond motifs is 1. The van der Waals surface area contributed by atoms with Crippen LogP contribution >= 0.6 is 0 Å². The van der Waals surface area contributed by atoms with Gasteiger partial charge in [-0.05, 0) is 35.9 Å². The lowest BCUT2D eigenvalue weighted by Gasteiger charge is -2.37.